The van der Waals surface area contributed by atoms with E-state index in [4.69, 9.17) is 16.3 Å². The number of hydrogen-bond acceptors (Lipinski definition) is 4. The van der Waals surface area contributed by atoms with E-state index in [9.17, 15) is 14.0 Å². The number of aromatic nitrogens is 1. The summed E-state index contributed by atoms with van der Waals surface area (Å²) in [5.41, 5.74) is 5.61. The predicted octanol–water partition coefficient (Wildman–Crippen LogP) is 4.61. The number of hydrogen-bond donors (Lipinski definition) is 2. The fourth-order valence-electron chi connectivity index (χ4n) is 5.58. The lowest BCUT2D eigenvalue weighted by Crippen LogP contribution is -2.45. The fourth-order valence-corrected chi connectivity index (χ4v) is 5.75. The van der Waals surface area contributed by atoms with E-state index < -0.39 is 5.82 Å². The Morgan fingerprint density at radius 2 is 1.79 bits per heavy atom. The van der Waals surface area contributed by atoms with Crippen LogP contribution in [0.15, 0.2) is 36.4 Å². The van der Waals surface area contributed by atoms with Crippen molar-refractivity contribution in [2.75, 3.05) is 51.3 Å². The zero-order valence-corrected chi connectivity index (χ0v) is 21.8. The Hall–Kier alpha value is -3.46. The molecule has 1 fully saturated rings. The van der Waals surface area contributed by atoms with Crippen LogP contribution in [0.2, 0.25) is 5.02 Å². The van der Waals surface area contributed by atoms with Crippen LogP contribution in [0, 0.1) is 12.7 Å². The Morgan fingerprint density at radius 1 is 1.03 bits per heavy atom. The van der Waals surface area contributed by atoms with Gasteiger partial charge in [0.2, 0.25) is 0 Å². The highest BCUT2D eigenvalue weighted by Crippen LogP contribution is 2.42. The van der Waals surface area contributed by atoms with Crippen molar-refractivity contribution in [3.8, 4) is 11.1 Å². The van der Waals surface area contributed by atoms with Gasteiger partial charge >= 0.3 is 0 Å². The van der Waals surface area contributed by atoms with E-state index in [1.165, 1.54) is 6.07 Å². The number of halogens is 2. The van der Waals surface area contributed by atoms with Gasteiger partial charge in [0.25, 0.3) is 11.8 Å². The van der Waals surface area contributed by atoms with Gasteiger partial charge < -0.3 is 19.9 Å². The van der Waals surface area contributed by atoms with E-state index >= 15 is 0 Å². The van der Waals surface area contributed by atoms with Gasteiger partial charge in [-0.25, -0.2) is 4.39 Å². The lowest BCUT2D eigenvalue weighted by Gasteiger charge is -2.32. The van der Waals surface area contributed by atoms with E-state index in [1.807, 2.05) is 11.8 Å². The third-order valence-corrected chi connectivity index (χ3v) is 7.94. The maximum Gasteiger partial charge on any atom is 0.256 e. The maximum absolute atomic E-state index is 15.0. The number of anilines is 1. The Morgan fingerprint density at radius 3 is 2.61 bits per heavy atom. The molecule has 9 heteroatoms. The monoisotopic (exact) mass is 534 g/mol. The van der Waals surface area contributed by atoms with Crippen LogP contribution in [0.1, 0.15) is 32.9 Å². The first-order valence-electron chi connectivity index (χ1n) is 12.8. The average molecular weight is 535 g/mol. The second-order valence-electron chi connectivity index (χ2n) is 9.86. The molecule has 2 N–H and O–H groups in total. The standard InChI is InChI=1S/C29H28ClFN4O3/c1-17-24(32-23-8-9-35(29(37)25(17)23)11-10-34-12-14-38-15-13-34)16-20-26-18(4-3-7-22(26)33-28(20)36)19-5-2-6-21(30)27(19)31/h2-7,16,32H,8-15H2,1H3,(H,33,36)/b20-16-. The van der Waals surface area contributed by atoms with Crippen LogP contribution in [0.3, 0.4) is 0 Å². The summed E-state index contributed by atoms with van der Waals surface area (Å²) >= 11 is 6.06. The van der Waals surface area contributed by atoms with E-state index in [2.05, 4.69) is 15.2 Å². The van der Waals surface area contributed by atoms with Gasteiger partial charge in [0.15, 0.2) is 0 Å². The molecule has 6 rings (SSSR count). The van der Waals surface area contributed by atoms with E-state index in [-0.39, 0.29) is 16.8 Å². The van der Waals surface area contributed by atoms with Crippen LogP contribution >= 0.6 is 11.6 Å². The largest absolute Gasteiger partial charge is 0.379 e. The average Bonchev–Trinajstić information content (AvgIpc) is 3.42. The van der Waals surface area contributed by atoms with Crippen molar-refractivity contribution in [2.45, 2.75) is 13.3 Å². The van der Waals surface area contributed by atoms with Crippen LogP contribution in [0.25, 0.3) is 22.8 Å². The molecule has 3 aromatic rings. The van der Waals surface area contributed by atoms with E-state index in [0.29, 0.717) is 52.3 Å². The highest BCUT2D eigenvalue weighted by molar-refractivity contribution is 6.36. The molecule has 0 bridgehead atoms. The second-order valence-corrected chi connectivity index (χ2v) is 10.3. The summed E-state index contributed by atoms with van der Waals surface area (Å²) in [4.78, 5) is 34.1. The number of nitrogens with one attached hydrogen (secondary N) is 2. The van der Waals surface area contributed by atoms with Crippen LogP contribution in [0.5, 0.6) is 0 Å². The summed E-state index contributed by atoms with van der Waals surface area (Å²) < 4.78 is 20.4. The molecule has 0 atom stereocenters. The Bertz CT molecular complexity index is 1470. The van der Waals surface area contributed by atoms with Gasteiger partial charge in [-0.1, -0.05) is 35.9 Å². The number of aromatic amines is 1. The topological polar surface area (TPSA) is 77.7 Å². The molecule has 0 radical (unpaired) electrons. The van der Waals surface area contributed by atoms with Gasteiger partial charge in [0, 0.05) is 67.3 Å². The summed E-state index contributed by atoms with van der Waals surface area (Å²) in [5, 5.41) is 2.91. The number of rotatable bonds is 5. The minimum Gasteiger partial charge on any atom is -0.379 e. The summed E-state index contributed by atoms with van der Waals surface area (Å²) in [7, 11) is 0. The summed E-state index contributed by atoms with van der Waals surface area (Å²) in [5.74, 6) is -0.799. The number of morpholine rings is 1. The van der Waals surface area contributed by atoms with Crippen molar-refractivity contribution in [3.63, 3.8) is 0 Å². The lowest BCUT2D eigenvalue weighted by atomic mass is 9.93. The van der Waals surface area contributed by atoms with Crippen LogP contribution in [0.4, 0.5) is 10.1 Å². The molecule has 0 aliphatic carbocycles. The van der Waals surface area contributed by atoms with Gasteiger partial charge in [-0.15, -0.1) is 0 Å². The summed E-state index contributed by atoms with van der Waals surface area (Å²) in [6, 6.07) is 10.2. The first-order chi connectivity index (χ1) is 18.4. The number of ether oxygens (including phenoxy) is 1. The molecule has 2 aromatic carbocycles. The molecule has 0 spiro atoms. The fraction of sp³-hybridized carbons (Fsp3) is 0.310. The minimum absolute atomic E-state index is 0.0101. The van der Waals surface area contributed by atoms with Gasteiger partial charge in [0.05, 0.1) is 29.4 Å². The Balaban J connectivity index is 1.33. The lowest BCUT2D eigenvalue weighted by molar-refractivity contribution is -0.110. The molecule has 2 amide bonds. The zero-order chi connectivity index (χ0) is 26.4. The molecular weight excluding hydrogens is 507 g/mol. The number of benzene rings is 2. The molecule has 3 aliphatic heterocycles. The van der Waals surface area contributed by atoms with Gasteiger partial charge in [-0.3, -0.25) is 14.5 Å². The van der Waals surface area contributed by atoms with Crippen LogP contribution < -0.4 is 5.32 Å². The van der Waals surface area contributed by atoms with Gasteiger partial charge in [-0.05, 0) is 36.3 Å². The summed E-state index contributed by atoms with van der Waals surface area (Å²) in [6.45, 7) is 7.28. The molecule has 1 saturated heterocycles. The van der Waals surface area contributed by atoms with E-state index in [1.54, 1.807) is 36.4 Å². The molecular formula is C29H28ClFN4O3. The maximum atomic E-state index is 15.0. The van der Waals surface area contributed by atoms with Crippen molar-refractivity contribution in [3.05, 3.63) is 75.3 Å². The first-order valence-corrected chi connectivity index (χ1v) is 13.2. The molecule has 0 saturated carbocycles. The summed E-state index contributed by atoms with van der Waals surface area (Å²) in [6.07, 6.45) is 2.49. The molecule has 3 aliphatic rings. The molecule has 7 nitrogen and oxygen atoms in total. The van der Waals surface area contributed by atoms with Gasteiger partial charge in [0.1, 0.15) is 5.82 Å². The third kappa shape index (κ3) is 4.32. The second kappa shape index (κ2) is 10.0. The third-order valence-electron chi connectivity index (χ3n) is 7.65. The molecule has 4 heterocycles. The van der Waals surface area contributed by atoms with Gasteiger partial charge in [-0.2, -0.15) is 0 Å². The van der Waals surface area contributed by atoms with Crippen LogP contribution in [-0.2, 0) is 16.0 Å². The quantitative estimate of drug-likeness (QED) is 0.469. The highest BCUT2D eigenvalue weighted by Gasteiger charge is 2.32. The molecule has 196 valence electrons. The minimum atomic E-state index is -0.532. The predicted molar refractivity (Wildman–Crippen MR) is 146 cm³/mol. The van der Waals surface area contributed by atoms with Crippen molar-refractivity contribution < 1.29 is 18.7 Å². The number of amides is 2. The number of H-pyrrole nitrogens is 1. The molecule has 1 aromatic heterocycles. The van der Waals surface area contributed by atoms with Crippen LogP contribution in [-0.4, -0.2) is 72.5 Å². The molecule has 0 unspecified atom stereocenters. The Labute approximate surface area is 225 Å². The molecule has 38 heavy (non-hydrogen) atoms. The number of nitrogens with zero attached hydrogens (tertiary/aromatic N) is 2. The zero-order valence-electron chi connectivity index (χ0n) is 21.1. The normalized spacial score (nSPS) is 18.6. The first kappa shape index (κ1) is 24.9. The number of carbonyl (C=O) groups is 2. The van der Waals surface area contributed by atoms with E-state index in [0.717, 1.165) is 50.5 Å². The smallest absolute Gasteiger partial charge is 0.256 e. The SMILES string of the molecule is Cc1c(/C=C2\C(=O)Nc3cccc(-c4cccc(Cl)c4F)c32)[nH]c2c1C(=O)N(CCN1CCOCC1)CC2. The van der Waals surface area contributed by atoms with Crippen molar-refractivity contribution >= 4 is 40.8 Å². The Kier molecular flexibility index (Phi) is 6.55. The van der Waals surface area contributed by atoms with Crippen molar-refractivity contribution in [2.24, 2.45) is 0 Å². The number of fused-ring (bicyclic) bond motifs is 2. The highest BCUT2D eigenvalue weighted by atomic mass is 35.5. The number of carbonyl (C=O) groups excluding carboxylic acids is 2. The van der Waals surface area contributed by atoms with Crippen molar-refractivity contribution in [1.82, 2.24) is 14.8 Å². The van der Waals surface area contributed by atoms with Crippen molar-refractivity contribution in [1.29, 1.82) is 0 Å².